The van der Waals surface area contributed by atoms with Crippen molar-refractivity contribution in [1.29, 1.82) is 0 Å². The lowest BCUT2D eigenvalue weighted by atomic mass is 10.1. The summed E-state index contributed by atoms with van der Waals surface area (Å²) in [7, 11) is 3.76. The van der Waals surface area contributed by atoms with Gasteiger partial charge in [0.05, 0.1) is 16.9 Å². The summed E-state index contributed by atoms with van der Waals surface area (Å²) < 4.78 is 0. The van der Waals surface area contributed by atoms with Gasteiger partial charge >= 0.3 is 0 Å². The van der Waals surface area contributed by atoms with Gasteiger partial charge in [-0.25, -0.2) is 4.98 Å². The van der Waals surface area contributed by atoms with Crippen LogP contribution in [-0.4, -0.2) is 25.0 Å². The number of aromatic nitrogens is 1. The van der Waals surface area contributed by atoms with Gasteiger partial charge < -0.3 is 9.80 Å². The molecule has 0 atom stereocenters. The van der Waals surface area contributed by atoms with E-state index in [-0.39, 0.29) is 5.91 Å². The van der Waals surface area contributed by atoms with E-state index in [2.05, 4.69) is 4.98 Å². The van der Waals surface area contributed by atoms with Crippen LogP contribution in [0.5, 0.6) is 0 Å². The number of carbonyl (C=O) groups is 1. The Bertz CT molecular complexity index is 709. The van der Waals surface area contributed by atoms with Gasteiger partial charge in [0.15, 0.2) is 5.82 Å². The van der Waals surface area contributed by atoms with Gasteiger partial charge in [0, 0.05) is 19.8 Å². The Kier molecular flexibility index (Phi) is 2.74. The molecule has 3 rings (SSSR count). The van der Waals surface area contributed by atoms with Gasteiger partial charge in [0.1, 0.15) is 0 Å². The normalized spacial score (nSPS) is 13.9. The molecule has 1 aliphatic heterocycles. The largest absolute Gasteiger partial charge is 0.327 e. The van der Waals surface area contributed by atoms with Crippen LogP contribution in [0, 0.1) is 13.8 Å². The number of benzene rings is 1. The molecule has 0 bridgehead atoms. The molecular weight excluding hydrogens is 250 g/mol. The first kappa shape index (κ1) is 12.7. The molecule has 2 heterocycles. The third-order valence-electron chi connectivity index (χ3n) is 3.78. The summed E-state index contributed by atoms with van der Waals surface area (Å²) in [5, 5.41) is 0. The van der Waals surface area contributed by atoms with Crippen LogP contribution in [0.15, 0.2) is 30.3 Å². The standard InChI is InChI=1S/C16H17N3O/c1-10-6-5-7-12-14(10)19(4)15-13(18(3)16(12)20)9-8-11(2)17-15/h5-9H,1-4H3. The van der Waals surface area contributed by atoms with Crippen molar-refractivity contribution in [3.63, 3.8) is 0 Å². The molecule has 1 aromatic heterocycles. The highest BCUT2D eigenvalue weighted by atomic mass is 16.2. The van der Waals surface area contributed by atoms with Crippen molar-refractivity contribution in [2.75, 3.05) is 23.9 Å². The second-order valence-electron chi connectivity index (χ2n) is 5.19. The van der Waals surface area contributed by atoms with E-state index in [9.17, 15) is 4.79 Å². The Balaban J connectivity index is 2.35. The smallest absolute Gasteiger partial charge is 0.260 e. The fourth-order valence-corrected chi connectivity index (χ4v) is 2.72. The van der Waals surface area contributed by atoms with Crippen molar-refractivity contribution in [2.24, 2.45) is 0 Å². The minimum absolute atomic E-state index is 0.0000435. The molecule has 0 radical (unpaired) electrons. The van der Waals surface area contributed by atoms with Gasteiger partial charge in [0.2, 0.25) is 0 Å². The maximum absolute atomic E-state index is 12.7. The molecule has 0 fully saturated rings. The number of hydrogen-bond acceptors (Lipinski definition) is 3. The number of aryl methyl sites for hydroxylation is 2. The van der Waals surface area contributed by atoms with Crippen LogP contribution < -0.4 is 9.80 Å². The molecule has 0 N–H and O–H groups in total. The number of anilines is 3. The average molecular weight is 267 g/mol. The van der Waals surface area contributed by atoms with Gasteiger partial charge in [-0.15, -0.1) is 0 Å². The Morgan fingerprint density at radius 3 is 2.50 bits per heavy atom. The maximum atomic E-state index is 12.7. The van der Waals surface area contributed by atoms with Crippen LogP contribution in [-0.2, 0) is 0 Å². The second kappa shape index (κ2) is 4.34. The van der Waals surface area contributed by atoms with Crippen molar-refractivity contribution in [3.8, 4) is 0 Å². The lowest BCUT2D eigenvalue weighted by molar-refractivity contribution is 0.0994. The van der Waals surface area contributed by atoms with Crippen LogP contribution >= 0.6 is 0 Å². The fourth-order valence-electron chi connectivity index (χ4n) is 2.72. The van der Waals surface area contributed by atoms with Crippen LogP contribution in [0.25, 0.3) is 0 Å². The highest BCUT2D eigenvalue weighted by molar-refractivity contribution is 6.13. The molecule has 2 aromatic rings. The van der Waals surface area contributed by atoms with E-state index in [1.54, 1.807) is 11.9 Å². The Labute approximate surface area is 118 Å². The summed E-state index contributed by atoms with van der Waals surface area (Å²) in [6, 6.07) is 9.69. The molecule has 20 heavy (non-hydrogen) atoms. The number of para-hydroxylation sites is 1. The fraction of sp³-hybridized carbons (Fsp3) is 0.250. The SMILES string of the molecule is Cc1ccc2c(n1)N(C)c1c(C)cccc1C(=O)N2C. The molecule has 4 nitrogen and oxygen atoms in total. The highest BCUT2D eigenvalue weighted by Crippen LogP contribution is 2.39. The summed E-state index contributed by atoms with van der Waals surface area (Å²) in [4.78, 5) is 20.9. The summed E-state index contributed by atoms with van der Waals surface area (Å²) >= 11 is 0. The van der Waals surface area contributed by atoms with E-state index in [0.29, 0.717) is 5.56 Å². The molecule has 0 aliphatic carbocycles. The van der Waals surface area contributed by atoms with Crippen molar-refractivity contribution >= 4 is 23.1 Å². The van der Waals surface area contributed by atoms with Crippen molar-refractivity contribution in [3.05, 3.63) is 47.2 Å². The number of fused-ring (bicyclic) bond motifs is 2. The number of nitrogens with zero attached hydrogens (tertiary/aromatic N) is 3. The van der Waals surface area contributed by atoms with E-state index < -0.39 is 0 Å². The third kappa shape index (κ3) is 1.68. The van der Waals surface area contributed by atoms with Crippen LogP contribution in [0.4, 0.5) is 17.2 Å². The van der Waals surface area contributed by atoms with Gasteiger partial charge in [-0.2, -0.15) is 0 Å². The second-order valence-corrected chi connectivity index (χ2v) is 5.19. The minimum atomic E-state index is -0.0000435. The van der Waals surface area contributed by atoms with Crippen LogP contribution in [0.1, 0.15) is 21.6 Å². The molecule has 102 valence electrons. The van der Waals surface area contributed by atoms with E-state index in [4.69, 9.17) is 0 Å². The highest BCUT2D eigenvalue weighted by Gasteiger charge is 2.28. The molecule has 0 saturated carbocycles. The quantitative estimate of drug-likeness (QED) is 0.736. The third-order valence-corrected chi connectivity index (χ3v) is 3.78. The number of hydrogen-bond donors (Lipinski definition) is 0. The van der Waals surface area contributed by atoms with Gasteiger partial charge in [0.25, 0.3) is 5.91 Å². The van der Waals surface area contributed by atoms with Crippen molar-refractivity contribution in [2.45, 2.75) is 13.8 Å². The van der Waals surface area contributed by atoms with Crippen LogP contribution in [0.3, 0.4) is 0 Å². The van der Waals surface area contributed by atoms with Crippen molar-refractivity contribution < 1.29 is 4.79 Å². The molecule has 0 unspecified atom stereocenters. The predicted molar refractivity (Wildman–Crippen MR) is 80.9 cm³/mol. The Hall–Kier alpha value is -2.36. The van der Waals surface area contributed by atoms with E-state index in [1.165, 1.54) is 0 Å². The average Bonchev–Trinajstić information content (AvgIpc) is 2.51. The molecule has 1 aliphatic rings. The Morgan fingerprint density at radius 2 is 1.75 bits per heavy atom. The minimum Gasteiger partial charge on any atom is -0.327 e. The zero-order valence-corrected chi connectivity index (χ0v) is 12.1. The number of amides is 1. The number of pyridine rings is 1. The first-order chi connectivity index (χ1) is 9.50. The van der Waals surface area contributed by atoms with Crippen molar-refractivity contribution in [1.82, 2.24) is 4.98 Å². The zero-order chi connectivity index (χ0) is 14.4. The first-order valence-electron chi connectivity index (χ1n) is 6.59. The maximum Gasteiger partial charge on any atom is 0.260 e. The lowest BCUT2D eigenvalue weighted by Gasteiger charge is -2.22. The van der Waals surface area contributed by atoms with Gasteiger partial charge in [-0.1, -0.05) is 12.1 Å². The summed E-state index contributed by atoms with van der Waals surface area (Å²) in [5.74, 6) is 0.814. The number of carbonyl (C=O) groups excluding carboxylic acids is 1. The molecule has 4 heteroatoms. The molecule has 0 spiro atoms. The first-order valence-corrected chi connectivity index (χ1v) is 6.59. The monoisotopic (exact) mass is 267 g/mol. The van der Waals surface area contributed by atoms with Gasteiger partial charge in [-0.05, 0) is 37.6 Å². The number of rotatable bonds is 0. The predicted octanol–water partition coefficient (Wildman–Crippen LogP) is 3.06. The molecule has 1 aromatic carbocycles. The van der Waals surface area contributed by atoms with E-state index >= 15 is 0 Å². The zero-order valence-electron chi connectivity index (χ0n) is 12.1. The van der Waals surface area contributed by atoms with E-state index in [0.717, 1.165) is 28.5 Å². The molecule has 0 saturated heterocycles. The van der Waals surface area contributed by atoms with Crippen LogP contribution in [0.2, 0.25) is 0 Å². The summed E-state index contributed by atoms with van der Waals surface area (Å²) in [6.45, 7) is 3.98. The lowest BCUT2D eigenvalue weighted by Crippen LogP contribution is -2.25. The van der Waals surface area contributed by atoms with Gasteiger partial charge in [-0.3, -0.25) is 4.79 Å². The summed E-state index contributed by atoms with van der Waals surface area (Å²) in [5.41, 5.74) is 4.49. The molecular formula is C16H17N3O. The van der Waals surface area contributed by atoms with E-state index in [1.807, 2.05) is 56.1 Å². The topological polar surface area (TPSA) is 36.4 Å². The Morgan fingerprint density at radius 1 is 1.00 bits per heavy atom. The molecule has 1 amide bonds. The summed E-state index contributed by atoms with van der Waals surface area (Å²) in [6.07, 6.45) is 0.